The van der Waals surface area contributed by atoms with Gasteiger partial charge in [-0.2, -0.15) is 0 Å². The van der Waals surface area contributed by atoms with Crippen molar-refractivity contribution < 1.29 is 4.39 Å². The van der Waals surface area contributed by atoms with Crippen molar-refractivity contribution in [1.29, 1.82) is 0 Å². The van der Waals surface area contributed by atoms with Gasteiger partial charge in [-0.25, -0.2) is 4.39 Å². The van der Waals surface area contributed by atoms with Crippen LogP contribution in [0.3, 0.4) is 0 Å². The van der Waals surface area contributed by atoms with Crippen LogP contribution in [0.25, 0.3) is 10.8 Å². The van der Waals surface area contributed by atoms with E-state index >= 15 is 0 Å². The quantitative estimate of drug-likeness (QED) is 0.784. The minimum absolute atomic E-state index is 0.313. The fraction of sp³-hybridized carbons (Fsp3) is 0.118. The molecule has 4 heteroatoms. The van der Waals surface area contributed by atoms with Crippen molar-refractivity contribution in [2.75, 3.05) is 0 Å². The normalized spacial score (nSPS) is 12.5. The molecule has 0 aliphatic carbocycles. The Kier molecular flexibility index (Phi) is 3.86. The highest BCUT2D eigenvalue weighted by molar-refractivity contribution is 6.31. The minimum atomic E-state index is -0.338. The standard InChI is InChI=1S/C17H14ClFN2/c18-15-6-5-13(19)9-12(15)10-16(20)17-14-4-2-1-3-11(14)7-8-21-17/h1-9,16H,10,20H2. The molecule has 2 aromatic carbocycles. The molecular weight excluding hydrogens is 287 g/mol. The molecule has 1 aromatic heterocycles. The second-order valence-electron chi connectivity index (χ2n) is 4.96. The van der Waals surface area contributed by atoms with Crippen molar-refractivity contribution >= 4 is 22.4 Å². The van der Waals surface area contributed by atoms with E-state index in [1.807, 2.05) is 30.3 Å². The van der Waals surface area contributed by atoms with Crippen LogP contribution in [-0.4, -0.2) is 4.98 Å². The number of nitrogens with two attached hydrogens (primary N) is 1. The molecule has 1 unspecified atom stereocenters. The van der Waals surface area contributed by atoms with Gasteiger partial charge in [0.15, 0.2) is 0 Å². The fourth-order valence-corrected chi connectivity index (χ4v) is 2.67. The topological polar surface area (TPSA) is 38.9 Å². The second kappa shape index (κ2) is 5.80. The lowest BCUT2D eigenvalue weighted by Crippen LogP contribution is -2.15. The van der Waals surface area contributed by atoms with E-state index in [1.165, 1.54) is 12.1 Å². The van der Waals surface area contributed by atoms with Gasteiger partial charge in [0.05, 0.1) is 11.7 Å². The first-order valence-electron chi connectivity index (χ1n) is 6.68. The first-order valence-corrected chi connectivity index (χ1v) is 7.06. The molecule has 0 spiro atoms. The van der Waals surface area contributed by atoms with E-state index < -0.39 is 0 Å². The maximum Gasteiger partial charge on any atom is 0.123 e. The Morgan fingerprint density at radius 1 is 1.14 bits per heavy atom. The molecule has 0 aliphatic rings. The Morgan fingerprint density at radius 3 is 2.81 bits per heavy atom. The first-order chi connectivity index (χ1) is 10.1. The zero-order chi connectivity index (χ0) is 14.8. The molecule has 0 aliphatic heterocycles. The molecule has 0 amide bonds. The molecule has 2 N–H and O–H groups in total. The van der Waals surface area contributed by atoms with Crippen LogP contribution in [0.5, 0.6) is 0 Å². The lowest BCUT2D eigenvalue weighted by molar-refractivity contribution is 0.621. The van der Waals surface area contributed by atoms with Crippen molar-refractivity contribution in [3.05, 3.63) is 76.8 Å². The van der Waals surface area contributed by atoms with E-state index in [9.17, 15) is 4.39 Å². The van der Waals surface area contributed by atoms with E-state index in [0.29, 0.717) is 17.0 Å². The van der Waals surface area contributed by atoms with Gasteiger partial charge in [-0.1, -0.05) is 35.9 Å². The number of benzene rings is 2. The molecular formula is C17H14ClFN2. The van der Waals surface area contributed by atoms with Crippen LogP contribution in [0.15, 0.2) is 54.7 Å². The van der Waals surface area contributed by atoms with E-state index in [0.717, 1.165) is 16.5 Å². The number of nitrogens with zero attached hydrogens (tertiary/aromatic N) is 1. The van der Waals surface area contributed by atoms with Crippen molar-refractivity contribution in [2.45, 2.75) is 12.5 Å². The molecule has 1 heterocycles. The zero-order valence-corrected chi connectivity index (χ0v) is 12.0. The number of aromatic nitrogens is 1. The van der Waals surface area contributed by atoms with Gasteiger partial charge in [-0.15, -0.1) is 0 Å². The Balaban J connectivity index is 1.97. The third kappa shape index (κ3) is 2.89. The van der Waals surface area contributed by atoms with Crippen molar-refractivity contribution in [3.63, 3.8) is 0 Å². The van der Waals surface area contributed by atoms with Crippen LogP contribution in [0.4, 0.5) is 4.39 Å². The summed E-state index contributed by atoms with van der Waals surface area (Å²) in [6.07, 6.45) is 2.18. The maximum absolute atomic E-state index is 13.3. The lowest BCUT2D eigenvalue weighted by atomic mass is 9.99. The number of rotatable bonds is 3. The summed E-state index contributed by atoms with van der Waals surface area (Å²) in [4.78, 5) is 4.39. The first kappa shape index (κ1) is 14.0. The molecule has 0 saturated carbocycles. The van der Waals surface area contributed by atoms with Crippen molar-refractivity contribution in [2.24, 2.45) is 5.73 Å². The molecule has 1 atom stereocenters. The average Bonchev–Trinajstić information content (AvgIpc) is 2.50. The molecule has 0 fully saturated rings. The van der Waals surface area contributed by atoms with Crippen LogP contribution in [0.1, 0.15) is 17.3 Å². The predicted octanol–water partition coefficient (Wildman–Crippen LogP) is 4.27. The van der Waals surface area contributed by atoms with Gasteiger partial charge >= 0.3 is 0 Å². The van der Waals surface area contributed by atoms with Gasteiger partial charge in [0.1, 0.15) is 5.82 Å². The lowest BCUT2D eigenvalue weighted by Gasteiger charge is -2.14. The third-order valence-electron chi connectivity index (χ3n) is 3.50. The van der Waals surface area contributed by atoms with Gasteiger partial charge in [0.25, 0.3) is 0 Å². The van der Waals surface area contributed by atoms with E-state index in [4.69, 9.17) is 17.3 Å². The monoisotopic (exact) mass is 300 g/mol. The van der Waals surface area contributed by atoms with E-state index in [-0.39, 0.29) is 11.9 Å². The summed E-state index contributed by atoms with van der Waals surface area (Å²) in [5, 5.41) is 2.62. The molecule has 0 radical (unpaired) electrons. The Morgan fingerprint density at radius 2 is 1.95 bits per heavy atom. The fourth-order valence-electron chi connectivity index (χ4n) is 2.47. The number of halogens is 2. The second-order valence-corrected chi connectivity index (χ2v) is 5.37. The number of hydrogen-bond acceptors (Lipinski definition) is 2. The Bertz CT molecular complexity index is 783. The van der Waals surface area contributed by atoms with Gasteiger partial charge in [-0.3, -0.25) is 4.98 Å². The predicted molar refractivity (Wildman–Crippen MR) is 83.8 cm³/mol. The van der Waals surface area contributed by atoms with Crippen LogP contribution in [0.2, 0.25) is 5.02 Å². The number of pyridine rings is 1. The number of hydrogen-bond donors (Lipinski definition) is 1. The van der Waals surface area contributed by atoms with Crippen LogP contribution in [-0.2, 0) is 6.42 Å². The van der Waals surface area contributed by atoms with Crippen LogP contribution in [0, 0.1) is 5.82 Å². The molecule has 3 rings (SSSR count). The maximum atomic E-state index is 13.3. The van der Waals surface area contributed by atoms with Crippen LogP contribution < -0.4 is 5.73 Å². The minimum Gasteiger partial charge on any atom is -0.322 e. The van der Waals surface area contributed by atoms with Crippen molar-refractivity contribution in [3.8, 4) is 0 Å². The third-order valence-corrected chi connectivity index (χ3v) is 3.87. The molecule has 0 bridgehead atoms. The summed E-state index contributed by atoms with van der Waals surface area (Å²) in [7, 11) is 0. The zero-order valence-electron chi connectivity index (χ0n) is 11.3. The molecule has 21 heavy (non-hydrogen) atoms. The highest BCUT2D eigenvalue weighted by atomic mass is 35.5. The van der Waals surface area contributed by atoms with Gasteiger partial charge in [-0.05, 0) is 41.6 Å². The summed E-state index contributed by atoms with van der Waals surface area (Å²) in [6.45, 7) is 0. The molecule has 3 aromatic rings. The van der Waals surface area contributed by atoms with Gasteiger partial charge < -0.3 is 5.73 Å². The van der Waals surface area contributed by atoms with E-state index in [2.05, 4.69) is 4.98 Å². The Labute approximate surface area is 127 Å². The Hall–Kier alpha value is -1.97. The summed E-state index contributed by atoms with van der Waals surface area (Å²) in [5.74, 6) is -0.313. The van der Waals surface area contributed by atoms with Gasteiger partial charge in [0, 0.05) is 16.6 Å². The SMILES string of the molecule is NC(Cc1cc(F)ccc1Cl)c1nccc2ccccc12. The van der Waals surface area contributed by atoms with Crippen molar-refractivity contribution in [1.82, 2.24) is 4.98 Å². The number of fused-ring (bicyclic) bond motifs is 1. The summed E-state index contributed by atoms with van der Waals surface area (Å²) >= 11 is 6.10. The summed E-state index contributed by atoms with van der Waals surface area (Å²) in [6, 6.07) is 13.9. The summed E-state index contributed by atoms with van der Waals surface area (Å²) in [5.41, 5.74) is 7.76. The summed E-state index contributed by atoms with van der Waals surface area (Å²) < 4.78 is 13.3. The van der Waals surface area contributed by atoms with Crippen LogP contribution >= 0.6 is 11.6 Å². The highest BCUT2D eigenvalue weighted by Gasteiger charge is 2.14. The average molecular weight is 301 g/mol. The van der Waals surface area contributed by atoms with E-state index in [1.54, 1.807) is 12.3 Å². The molecule has 106 valence electrons. The largest absolute Gasteiger partial charge is 0.322 e. The smallest absolute Gasteiger partial charge is 0.123 e. The highest BCUT2D eigenvalue weighted by Crippen LogP contribution is 2.26. The van der Waals surface area contributed by atoms with Gasteiger partial charge in [0.2, 0.25) is 0 Å². The molecule has 2 nitrogen and oxygen atoms in total. The molecule has 0 saturated heterocycles.